The minimum absolute atomic E-state index is 0.111. The standard InChI is InChI=1S/C14H9Br2ClF2/c15-12-4-2-9(17)6-11(12)13(16)5-8-1-3-10(18)7-14(8)19/h1-4,6-7,13H,5H2. The van der Waals surface area contributed by atoms with Crippen molar-refractivity contribution in [2.24, 2.45) is 0 Å². The molecule has 0 fully saturated rings. The van der Waals surface area contributed by atoms with E-state index >= 15 is 0 Å². The number of halogens is 5. The van der Waals surface area contributed by atoms with Crippen LogP contribution in [0.3, 0.4) is 0 Å². The summed E-state index contributed by atoms with van der Waals surface area (Å²) in [7, 11) is 0. The largest absolute Gasteiger partial charge is 0.207 e. The molecule has 0 saturated carbocycles. The first kappa shape index (κ1) is 14.9. The highest BCUT2D eigenvalue weighted by Gasteiger charge is 2.15. The quantitative estimate of drug-likeness (QED) is 0.540. The van der Waals surface area contributed by atoms with Crippen molar-refractivity contribution in [2.75, 3.05) is 0 Å². The van der Waals surface area contributed by atoms with Gasteiger partial charge in [0.1, 0.15) is 11.6 Å². The molecule has 0 N–H and O–H groups in total. The lowest BCUT2D eigenvalue weighted by atomic mass is 10.0. The summed E-state index contributed by atoms with van der Waals surface area (Å²) in [4.78, 5) is -0.111. The van der Waals surface area contributed by atoms with Crippen LogP contribution < -0.4 is 0 Å². The fourth-order valence-corrected chi connectivity index (χ4v) is 3.48. The second-order valence-electron chi connectivity index (χ2n) is 4.07. The zero-order valence-corrected chi connectivity index (χ0v) is 13.6. The van der Waals surface area contributed by atoms with Crippen molar-refractivity contribution < 1.29 is 8.78 Å². The van der Waals surface area contributed by atoms with Gasteiger partial charge in [0.05, 0.1) is 0 Å². The lowest BCUT2D eigenvalue weighted by Crippen LogP contribution is -1.99. The van der Waals surface area contributed by atoms with Gasteiger partial charge in [0.2, 0.25) is 0 Å². The number of hydrogen-bond donors (Lipinski definition) is 0. The van der Waals surface area contributed by atoms with Crippen LogP contribution >= 0.6 is 43.5 Å². The fraction of sp³-hybridized carbons (Fsp3) is 0.143. The average Bonchev–Trinajstić information content (AvgIpc) is 2.35. The second-order valence-corrected chi connectivity index (χ2v) is 6.47. The molecule has 19 heavy (non-hydrogen) atoms. The van der Waals surface area contributed by atoms with E-state index in [1.165, 1.54) is 12.1 Å². The van der Waals surface area contributed by atoms with Gasteiger partial charge in [-0.05, 0) is 41.8 Å². The minimum Gasteiger partial charge on any atom is -0.207 e. The molecule has 2 aromatic carbocycles. The molecule has 0 bridgehead atoms. The first-order valence-corrected chi connectivity index (χ1v) is 7.59. The van der Waals surface area contributed by atoms with E-state index in [1.807, 2.05) is 12.1 Å². The predicted molar refractivity (Wildman–Crippen MR) is 80.9 cm³/mol. The highest BCUT2D eigenvalue weighted by molar-refractivity contribution is 9.11. The molecule has 100 valence electrons. The summed E-state index contributed by atoms with van der Waals surface area (Å²) < 4.78 is 27.3. The van der Waals surface area contributed by atoms with Gasteiger partial charge in [-0.2, -0.15) is 0 Å². The Kier molecular flexibility index (Phi) is 4.98. The van der Waals surface area contributed by atoms with Crippen LogP contribution in [0.2, 0.25) is 5.02 Å². The van der Waals surface area contributed by atoms with E-state index in [1.54, 1.807) is 6.07 Å². The third-order valence-corrected chi connectivity index (χ3v) is 4.48. The highest BCUT2D eigenvalue weighted by Crippen LogP contribution is 2.34. The third kappa shape index (κ3) is 3.77. The Bertz CT molecular complexity index is 602. The van der Waals surface area contributed by atoms with Crippen molar-refractivity contribution in [2.45, 2.75) is 11.2 Å². The van der Waals surface area contributed by atoms with Gasteiger partial charge >= 0.3 is 0 Å². The van der Waals surface area contributed by atoms with Crippen LogP contribution in [-0.4, -0.2) is 0 Å². The van der Waals surface area contributed by atoms with E-state index in [4.69, 9.17) is 11.6 Å². The van der Waals surface area contributed by atoms with Gasteiger partial charge < -0.3 is 0 Å². The second kappa shape index (κ2) is 6.33. The van der Waals surface area contributed by atoms with Crippen molar-refractivity contribution in [3.05, 3.63) is 68.7 Å². The topological polar surface area (TPSA) is 0 Å². The SMILES string of the molecule is Fc1ccc(CC(Br)c2cc(Cl)ccc2Br)c(F)c1. The summed E-state index contributed by atoms with van der Waals surface area (Å²) in [6.07, 6.45) is 0.408. The molecule has 0 aliphatic heterocycles. The van der Waals surface area contributed by atoms with Crippen molar-refractivity contribution in [1.29, 1.82) is 0 Å². The van der Waals surface area contributed by atoms with Gasteiger partial charge in [0.25, 0.3) is 0 Å². The number of rotatable bonds is 3. The smallest absolute Gasteiger partial charge is 0.129 e. The summed E-state index contributed by atoms with van der Waals surface area (Å²) in [6.45, 7) is 0. The van der Waals surface area contributed by atoms with Crippen LogP contribution in [0.15, 0.2) is 40.9 Å². The average molecular weight is 410 g/mol. The molecule has 0 saturated heterocycles. The zero-order valence-electron chi connectivity index (χ0n) is 9.64. The maximum Gasteiger partial charge on any atom is 0.129 e. The number of benzene rings is 2. The summed E-state index contributed by atoms with van der Waals surface area (Å²) in [5, 5.41) is 0.613. The lowest BCUT2D eigenvalue weighted by Gasteiger charge is -2.13. The molecular weight excluding hydrogens is 401 g/mol. The number of alkyl halides is 1. The first-order valence-electron chi connectivity index (χ1n) is 5.50. The molecule has 0 heterocycles. The number of hydrogen-bond acceptors (Lipinski definition) is 0. The third-order valence-electron chi connectivity index (χ3n) is 2.71. The molecule has 0 nitrogen and oxygen atoms in total. The monoisotopic (exact) mass is 408 g/mol. The molecule has 0 aromatic heterocycles. The Balaban J connectivity index is 2.25. The summed E-state index contributed by atoms with van der Waals surface area (Å²) in [5.74, 6) is -1.11. The van der Waals surface area contributed by atoms with Gasteiger partial charge in [-0.15, -0.1) is 0 Å². The molecule has 5 heteroatoms. The van der Waals surface area contributed by atoms with E-state index in [0.717, 1.165) is 16.1 Å². The predicted octanol–water partition coefficient (Wildman–Crippen LogP) is 6.06. The lowest BCUT2D eigenvalue weighted by molar-refractivity contribution is 0.571. The van der Waals surface area contributed by atoms with E-state index in [0.29, 0.717) is 17.0 Å². The summed E-state index contributed by atoms with van der Waals surface area (Å²) >= 11 is 12.9. The summed E-state index contributed by atoms with van der Waals surface area (Å²) in [5.41, 5.74) is 1.38. The van der Waals surface area contributed by atoms with E-state index in [2.05, 4.69) is 31.9 Å². The van der Waals surface area contributed by atoms with Gasteiger partial charge in [-0.3, -0.25) is 0 Å². The van der Waals surface area contributed by atoms with Crippen molar-refractivity contribution in [3.8, 4) is 0 Å². The van der Waals surface area contributed by atoms with Gasteiger partial charge in [-0.1, -0.05) is 49.5 Å². The van der Waals surface area contributed by atoms with Crippen molar-refractivity contribution in [1.82, 2.24) is 0 Å². The highest BCUT2D eigenvalue weighted by atomic mass is 79.9. The Hall–Kier alpha value is -0.450. The molecule has 2 aromatic rings. The molecule has 0 spiro atoms. The molecule has 2 rings (SSSR count). The molecule has 0 radical (unpaired) electrons. The molecule has 0 aliphatic rings. The zero-order chi connectivity index (χ0) is 14.0. The molecule has 0 aliphatic carbocycles. The Morgan fingerprint density at radius 3 is 2.53 bits per heavy atom. The Morgan fingerprint density at radius 1 is 1.11 bits per heavy atom. The fourth-order valence-electron chi connectivity index (χ4n) is 1.74. The maximum absolute atomic E-state index is 13.6. The van der Waals surface area contributed by atoms with Gasteiger partial charge in [0.15, 0.2) is 0 Å². The minimum atomic E-state index is -0.573. The van der Waals surface area contributed by atoms with Crippen LogP contribution in [-0.2, 0) is 6.42 Å². The van der Waals surface area contributed by atoms with E-state index < -0.39 is 11.6 Å². The van der Waals surface area contributed by atoms with Gasteiger partial charge in [0, 0.05) is 20.4 Å². The van der Waals surface area contributed by atoms with E-state index in [9.17, 15) is 8.78 Å². The molecule has 1 unspecified atom stereocenters. The summed E-state index contributed by atoms with van der Waals surface area (Å²) in [6, 6.07) is 9.03. The van der Waals surface area contributed by atoms with Crippen LogP contribution in [0.5, 0.6) is 0 Å². The maximum atomic E-state index is 13.6. The van der Waals surface area contributed by atoms with Crippen LogP contribution in [0.25, 0.3) is 0 Å². The van der Waals surface area contributed by atoms with Crippen LogP contribution in [0.1, 0.15) is 16.0 Å². The van der Waals surface area contributed by atoms with Crippen LogP contribution in [0, 0.1) is 11.6 Å². The van der Waals surface area contributed by atoms with Crippen molar-refractivity contribution in [3.63, 3.8) is 0 Å². The Morgan fingerprint density at radius 2 is 1.84 bits per heavy atom. The van der Waals surface area contributed by atoms with E-state index in [-0.39, 0.29) is 4.83 Å². The Labute approximate surface area is 132 Å². The molecular formula is C14H9Br2ClF2. The normalized spacial score (nSPS) is 12.5. The van der Waals surface area contributed by atoms with Gasteiger partial charge in [-0.25, -0.2) is 8.78 Å². The van der Waals surface area contributed by atoms with Crippen molar-refractivity contribution >= 4 is 43.5 Å². The van der Waals surface area contributed by atoms with Crippen LogP contribution in [0.4, 0.5) is 8.78 Å². The molecule has 0 amide bonds. The first-order chi connectivity index (χ1) is 8.97. The molecule has 1 atom stereocenters.